The van der Waals surface area contributed by atoms with Crippen molar-refractivity contribution in [1.29, 1.82) is 0 Å². The Morgan fingerprint density at radius 2 is 1.95 bits per heavy atom. The molecule has 1 amide bonds. The predicted octanol–water partition coefficient (Wildman–Crippen LogP) is 3.28. The van der Waals surface area contributed by atoms with Gasteiger partial charge >= 0.3 is 0 Å². The third-order valence-corrected chi connectivity index (χ3v) is 3.60. The third kappa shape index (κ3) is 3.04. The molecule has 0 bridgehead atoms. The number of aromatic nitrogens is 2. The van der Waals surface area contributed by atoms with Crippen molar-refractivity contribution in [2.24, 2.45) is 0 Å². The third-order valence-electron chi connectivity index (χ3n) is 3.07. The summed E-state index contributed by atoms with van der Waals surface area (Å²) in [6, 6.07) is 7.86. The number of hydrogen-bond acceptors (Lipinski definition) is 2. The maximum atomic E-state index is 12.2. The van der Waals surface area contributed by atoms with E-state index in [4.69, 9.17) is 0 Å². The fraction of sp³-hybridized carbons (Fsp3) is 0.286. The van der Waals surface area contributed by atoms with Crippen molar-refractivity contribution in [3.63, 3.8) is 0 Å². The molecule has 0 aliphatic heterocycles. The van der Waals surface area contributed by atoms with Crippen LogP contribution in [0, 0.1) is 13.8 Å². The molecular weight excluding hydrogens is 306 g/mol. The van der Waals surface area contributed by atoms with E-state index < -0.39 is 0 Å². The average molecular weight is 322 g/mol. The lowest BCUT2D eigenvalue weighted by atomic mass is 10.1. The number of aryl methyl sites for hydroxylation is 2. The molecule has 1 atom stereocenters. The van der Waals surface area contributed by atoms with E-state index in [1.807, 2.05) is 45.0 Å². The van der Waals surface area contributed by atoms with Crippen LogP contribution >= 0.6 is 15.9 Å². The molecule has 100 valence electrons. The quantitative estimate of drug-likeness (QED) is 0.911. The molecule has 2 aromatic rings. The van der Waals surface area contributed by atoms with Gasteiger partial charge in [-0.15, -0.1) is 0 Å². The molecule has 1 aromatic carbocycles. The summed E-state index contributed by atoms with van der Waals surface area (Å²) in [5, 5.41) is 9.84. The largest absolute Gasteiger partial charge is 0.345 e. The summed E-state index contributed by atoms with van der Waals surface area (Å²) >= 11 is 3.40. The number of halogens is 1. The highest BCUT2D eigenvalue weighted by atomic mass is 79.9. The molecule has 0 saturated heterocycles. The molecule has 2 N–H and O–H groups in total. The number of amides is 1. The van der Waals surface area contributed by atoms with Gasteiger partial charge in [0.1, 0.15) is 0 Å². The molecule has 1 unspecified atom stereocenters. The molecular formula is C14H16BrN3O. The summed E-state index contributed by atoms with van der Waals surface area (Å²) in [4.78, 5) is 12.2. The first kappa shape index (κ1) is 13.8. The maximum absolute atomic E-state index is 12.2. The second-order valence-electron chi connectivity index (χ2n) is 4.56. The second kappa shape index (κ2) is 5.57. The van der Waals surface area contributed by atoms with Crippen molar-refractivity contribution >= 4 is 21.8 Å². The Balaban J connectivity index is 2.13. The smallest absolute Gasteiger partial charge is 0.255 e. The first-order chi connectivity index (χ1) is 8.99. The van der Waals surface area contributed by atoms with E-state index in [1.54, 1.807) is 0 Å². The Labute approximate surface area is 120 Å². The minimum absolute atomic E-state index is 0.0469. The number of carbonyl (C=O) groups is 1. The van der Waals surface area contributed by atoms with Crippen molar-refractivity contribution in [1.82, 2.24) is 15.5 Å². The van der Waals surface area contributed by atoms with Crippen LogP contribution in [-0.4, -0.2) is 16.1 Å². The Kier molecular flexibility index (Phi) is 4.04. The highest BCUT2D eigenvalue weighted by molar-refractivity contribution is 9.10. The van der Waals surface area contributed by atoms with E-state index in [-0.39, 0.29) is 11.9 Å². The van der Waals surface area contributed by atoms with E-state index >= 15 is 0 Å². The molecule has 0 radical (unpaired) electrons. The predicted molar refractivity (Wildman–Crippen MR) is 78.1 cm³/mol. The lowest BCUT2D eigenvalue weighted by Crippen LogP contribution is -2.27. The van der Waals surface area contributed by atoms with Crippen molar-refractivity contribution in [3.8, 4) is 0 Å². The molecule has 19 heavy (non-hydrogen) atoms. The molecule has 0 aliphatic rings. The molecule has 0 saturated carbocycles. The highest BCUT2D eigenvalue weighted by Crippen LogP contribution is 2.18. The van der Waals surface area contributed by atoms with Gasteiger partial charge in [0, 0.05) is 10.2 Å². The van der Waals surface area contributed by atoms with Gasteiger partial charge in [0.05, 0.1) is 17.3 Å². The number of carbonyl (C=O) groups excluding carboxylic acids is 1. The maximum Gasteiger partial charge on any atom is 0.255 e. The van der Waals surface area contributed by atoms with Crippen LogP contribution in [0.3, 0.4) is 0 Å². The molecule has 2 rings (SSSR count). The average Bonchev–Trinajstić information content (AvgIpc) is 2.69. The van der Waals surface area contributed by atoms with Crippen LogP contribution in [0.15, 0.2) is 28.7 Å². The van der Waals surface area contributed by atoms with Crippen LogP contribution in [0.4, 0.5) is 0 Å². The van der Waals surface area contributed by atoms with E-state index in [0.29, 0.717) is 5.56 Å². The van der Waals surface area contributed by atoms with E-state index in [2.05, 4.69) is 31.4 Å². The molecule has 0 spiro atoms. The number of aromatic amines is 1. The van der Waals surface area contributed by atoms with Crippen molar-refractivity contribution in [2.75, 3.05) is 0 Å². The van der Waals surface area contributed by atoms with Crippen LogP contribution in [-0.2, 0) is 0 Å². The van der Waals surface area contributed by atoms with Gasteiger partial charge in [-0.3, -0.25) is 9.89 Å². The number of rotatable bonds is 3. The molecule has 0 fully saturated rings. The van der Waals surface area contributed by atoms with E-state index in [9.17, 15) is 4.79 Å². The molecule has 4 nitrogen and oxygen atoms in total. The van der Waals surface area contributed by atoms with Gasteiger partial charge in [-0.25, -0.2) is 0 Å². The van der Waals surface area contributed by atoms with Gasteiger partial charge in [0.2, 0.25) is 0 Å². The van der Waals surface area contributed by atoms with Gasteiger partial charge in [0.25, 0.3) is 5.91 Å². The lowest BCUT2D eigenvalue weighted by Gasteiger charge is -2.14. The SMILES string of the molecule is Cc1n[nH]c(C)c1C(=O)NC(C)c1ccc(Br)cc1. The normalized spacial score (nSPS) is 12.2. The van der Waals surface area contributed by atoms with Gasteiger partial charge in [-0.1, -0.05) is 28.1 Å². The molecule has 0 aliphatic carbocycles. The van der Waals surface area contributed by atoms with E-state index in [1.165, 1.54) is 0 Å². The summed E-state index contributed by atoms with van der Waals surface area (Å²) in [5.41, 5.74) is 3.20. The van der Waals surface area contributed by atoms with Crippen LogP contribution in [0.2, 0.25) is 0 Å². The molecule has 1 aromatic heterocycles. The zero-order valence-corrected chi connectivity index (χ0v) is 12.7. The summed E-state index contributed by atoms with van der Waals surface area (Å²) in [6.07, 6.45) is 0. The zero-order chi connectivity index (χ0) is 14.0. The lowest BCUT2D eigenvalue weighted by molar-refractivity contribution is 0.0938. The number of hydrogen-bond donors (Lipinski definition) is 2. The second-order valence-corrected chi connectivity index (χ2v) is 5.47. The minimum atomic E-state index is -0.0980. The van der Waals surface area contributed by atoms with Crippen molar-refractivity contribution in [2.45, 2.75) is 26.8 Å². The Hall–Kier alpha value is -1.62. The Morgan fingerprint density at radius 3 is 2.47 bits per heavy atom. The Bertz CT molecular complexity index is 570. The van der Waals surface area contributed by atoms with Gasteiger partial charge in [-0.05, 0) is 38.5 Å². The number of nitrogens with zero attached hydrogens (tertiary/aromatic N) is 1. The van der Waals surface area contributed by atoms with Crippen molar-refractivity contribution in [3.05, 3.63) is 51.3 Å². The molecule has 5 heteroatoms. The summed E-state index contributed by atoms with van der Waals surface area (Å²) < 4.78 is 1.02. The number of benzene rings is 1. The van der Waals surface area contributed by atoms with Crippen LogP contribution < -0.4 is 5.32 Å². The van der Waals surface area contributed by atoms with Crippen LogP contribution in [0.5, 0.6) is 0 Å². The molecule has 1 heterocycles. The van der Waals surface area contributed by atoms with E-state index in [0.717, 1.165) is 21.4 Å². The first-order valence-electron chi connectivity index (χ1n) is 6.07. The number of H-pyrrole nitrogens is 1. The first-order valence-corrected chi connectivity index (χ1v) is 6.86. The highest BCUT2D eigenvalue weighted by Gasteiger charge is 2.17. The minimum Gasteiger partial charge on any atom is -0.345 e. The standard InChI is InChI=1S/C14H16BrN3O/c1-8(11-4-6-12(15)7-5-11)16-14(19)13-9(2)17-18-10(13)3/h4-8H,1-3H3,(H,16,19)(H,17,18). The van der Waals surface area contributed by atoms with Crippen LogP contribution in [0.25, 0.3) is 0 Å². The number of nitrogens with one attached hydrogen (secondary N) is 2. The van der Waals surface area contributed by atoms with Crippen molar-refractivity contribution < 1.29 is 4.79 Å². The summed E-state index contributed by atoms with van der Waals surface area (Å²) in [7, 11) is 0. The van der Waals surface area contributed by atoms with Gasteiger partial charge < -0.3 is 5.32 Å². The van der Waals surface area contributed by atoms with Crippen LogP contribution in [0.1, 0.15) is 40.3 Å². The summed E-state index contributed by atoms with van der Waals surface area (Å²) in [5.74, 6) is -0.0980. The summed E-state index contributed by atoms with van der Waals surface area (Å²) in [6.45, 7) is 5.63. The zero-order valence-electron chi connectivity index (χ0n) is 11.1. The Morgan fingerprint density at radius 1 is 1.32 bits per heavy atom. The topological polar surface area (TPSA) is 57.8 Å². The van der Waals surface area contributed by atoms with Gasteiger partial charge in [0.15, 0.2) is 0 Å². The monoisotopic (exact) mass is 321 g/mol. The fourth-order valence-electron chi connectivity index (χ4n) is 1.99. The van der Waals surface area contributed by atoms with Gasteiger partial charge in [-0.2, -0.15) is 5.10 Å². The fourth-order valence-corrected chi connectivity index (χ4v) is 2.25.